The minimum absolute atomic E-state index is 0.0257. The molecule has 1 amide bonds. The molecule has 0 atom stereocenters. The van der Waals surface area contributed by atoms with Crippen molar-refractivity contribution in [2.24, 2.45) is 10.1 Å². The fourth-order valence-corrected chi connectivity index (χ4v) is 3.80. The van der Waals surface area contributed by atoms with Crippen LogP contribution in [-0.2, 0) is 4.79 Å². The van der Waals surface area contributed by atoms with E-state index in [2.05, 4.69) is 15.0 Å². The number of carbonyl (C=O) groups is 1. The highest BCUT2D eigenvalue weighted by atomic mass is 32.2. The van der Waals surface area contributed by atoms with E-state index in [0.29, 0.717) is 5.17 Å². The second kappa shape index (κ2) is 6.41. The van der Waals surface area contributed by atoms with Gasteiger partial charge in [0.05, 0.1) is 11.6 Å². The fourth-order valence-electron chi connectivity index (χ4n) is 2.86. The van der Waals surface area contributed by atoms with Gasteiger partial charge in [0, 0.05) is 13.1 Å². The number of amidine groups is 3. The zero-order chi connectivity index (χ0) is 18.3. The molecule has 0 aliphatic carbocycles. The number of hydrazone groups is 1. The van der Waals surface area contributed by atoms with Gasteiger partial charge >= 0.3 is 5.88 Å². The summed E-state index contributed by atoms with van der Waals surface area (Å²) in [5.41, 5.74) is -0.0257. The number of thioether (sulfide) groups is 1. The number of hydrogen-bond acceptors (Lipinski definition) is 8. The van der Waals surface area contributed by atoms with Gasteiger partial charge in [-0.1, -0.05) is 0 Å². The normalized spacial score (nSPS) is 21.8. The Morgan fingerprint density at radius 3 is 2.73 bits per heavy atom. The van der Waals surface area contributed by atoms with E-state index in [9.17, 15) is 14.9 Å². The van der Waals surface area contributed by atoms with Crippen molar-refractivity contribution >= 4 is 45.8 Å². The monoisotopic (exact) mass is 374 g/mol. The fraction of sp³-hybridized carbons (Fsp3) is 0.333. The van der Waals surface area contributed by atoms with Crippen molar-refractivity contribution in [3.05, 3.63) is 33.6 Å². The van der Waals surface area contributed by atoms with Gasteiger partial charge in [-0.05, 0) is 43.2 Å². The zero-order valence-corrected chi connectivity index (χ0v) is 14.4. The maximum Gasteiger partial charge on any atom is 0.433 e. The van der Waals surface area contributed by atoms with Crippen LogP contribution in [0.5, 0.6) is 0 Å². The topological polar surface area (TPSA) is 128 Å². The Balaban J connectivity index is 1.61. The molecular formula is C15H14N6O4S. The van der Waals surface area contributed by atoms with Crippen molar-refractivity contribution < 1.29 is 14.1 Å². The molecule has 4 heterocycles. The van der Waals surface area contributed by atoms with Gasteiger partial charge in [-0.25, -0.2) is 0 Å². The third-order valence-electron chi connectivity index (χ3n) is 4.15. The van der Waals surface area contributed by atoms with Crippen molar-refractivity contribution in [1.29, 1.82) is 5.41 Å². The average Bonchev–Trinajstić information content (AvgIpc) is 3.26. The Labute approximate surface area is 151 Å². The molecule has 1 N–H and O–H groups in total. The number of furan rings is 1. The Hall–Kier alpha value is -2.95. The molecule has 3 aliphatic heterocycles. The average molecular weight is 374 g/mol. The lowest BCUT2D eigenvalue weighted by Crippen LogP contribution is -2.35. The maximum atomic E-state index is 12.3. The van der Waals surface area contributed by atoms with Crippen LogP contribution in [0.15, 0.2) is 32.2 Å². The molecule has 0 aromatic carbocycles. The van der Waals surface area contributed by atoms with Gasteiger partial charge in [0.25, 0.3) is 5.91 Å². The summed E-state index contributed by atoms with van der Waals surface area (Å²) in [5, 5.41) is 25.8. The van der Waals surface area contributed by atoms with Crippen LogP contribution in [0.1, 0.15) is 25.0 Å². The number of carbonyl (C=O) groups excluding carboxylic acids is 1. The van der Waals surface area contributed by atoms with Crippen LogP contribution in [0.25, 0.3) is 6.08 Å². The van der Waals surface area contributed by atoms with Gasteiger partial charge in [0.2, 0.25) is 5.17 Å². The van der Waals surface area contributed by atoms with Crippen LogP contribution in [0.3, 0.4) is 0 Å². The van der Waals surface area contributed by atoms with Crippen LogP contribution < -0.4 is 0 Å². The lowest BCUT2D eigenvalue weighted by Gasteiger charge is -2.26. The summed E-state index contributed by atoms with van der Waals surface area (Å²) in [6.07, 6.45) is 4.64. The maximum absolute atomic E-state index is 12.3. The van der Waals surface area contributed by atoms with Crippen LogP contribution >= 0.6 is 11.8 Å². The minimum atomic E-state index is -0.668. The first kappa shape index (κ1) is 16.5. The molecule has 0 radical (unpaired) electrons. The zero-order valence-electron chi connectivity index (χ0n) is 13.5. The number of rotatable bonds is 2. The molecule has 0 saturated carbocycles. The number of nitro groups is 1. The first-order chi connectivity index (χ1) is 12.5. The number of hydrogen-bond donors (Lipinski definition) is 1. The van der Waals surface area contributed by atoms with Gasteiger partial charge in [0.15, 0.2) is 11.0 Å². The molecule has 4 rings (SSSR count). The first-order valence-electron chi connectivity index (χ1n) is 8.02. The summed E-state index contributed by atoms with van der Waals surface area (Å²) < 4.78 is 5.03. The Morgan fingerprint density at radius 2 is 2.04 bits per heavy atom. The molecule has 0 unspecified atom stereocenters. The van der Waals surface area contributed by atoms with E-state index >= 15 is 0 Å². The van der Waals surface area contributed by atoms with Crippen LogP contribution in [0.4, 0.5) is 5.88 Å². The van der Waals surface area contributed by atoms with E-state index in [1.54, 1.807) is 0 Å². The number of nitrogens with zero attached hydrogens (tertiary/aromatic N) is 5. The van der Waals surface area contributed by atoms with Crippen molar-refractivity contribution in [2.45, 2.75) is 19.3 Å². The van der Waals surface area contributed by atoms with E-state index in [4.69, 9.17) is 9.83 Å². The van der Waals surface area contributed by atoms with E-state index < -0.39 is 16.7 Å². The lowest BCUT2D eigenvalue weighted by molar-refractivity contribution is -0.402. The van der Waals surface area contributed by atoms with Crippen LogP contribution in [0, 0.1) is 15.5 Å². The molecule has 26 heavy (non-hydrogen) atoms. The van der Waals surface area contributed by atoms with Gasteiger partial charge in [0.1, 0.15) is 10.7 Å². The van der Waals surface area contributed by atoms with Crippen molar-refractivity contribution in [3.63, 3.8) is 0 Å². The molecule has 1 saturated heterocycles. The lowest BCUT2D eigenvalue weighted by atomic mass is 10.1. The number of amides is 1. The van der Waals surface area contributed by atoms with E-state index in [1.165, 1.54) is 41.4 Å². The predicted molar refractivity (Wildman–Crippen MR) is 95.8 cm³/mol. The van der Waals surface area contributed by atoms with Gasteiger partial charge < -0.3 is 9.32 Å². The summed E-state index contributed by atoms with van der Waals surface area (Å²) in [6.45, 7) is 1.79. The van der Waals surface area contributed by atoms with Crippen molar-refractivity contribution in [2.75, 3.05) is 13.1 Å². The van der Waals surface area contributed by atoms with Crippen molar-refractivity contribution in [3.8, 4) is 0 Å². The summed E-state index contributed by atoms with van der Waals surface area (Å²) in [7, 11) is 0. The standard InChI is InChI=1S/C15H14N6O4S/c16-12-10(8-9-4-5-11(25-9)21(23)24)13(22)17-14-20(12)18-15(26-14)19-6-2-1-3-7-19/h4-5,8,16H,1-3,6-7H2/b10-8-,16-12?. The SMILES string of the molecule is N=C1/C(=C/c2ccc([N+](=O)[O-])o2)C(=O)N=C2SC(N3CCCCC3)=NN12. The molecule has 134 valence electrons. The number of piperidine rings is 1. The van der Waals surface area contributed by atoms with Crippen LogP contribution in [-0.4, -0.2) is 50.0 Å². The molecule has 1 aromatic rings. The van der Waals surface area contributed by atoms with Gasteiger partial charge in [-0.3, -0.25) is 20.3 Å². The Kier molecular flexibility index (Phi) is 4.07. The van der Waals surface area contributed by atoms with E-state index in [1.807, 2.05) is 0 Å². The highest BCUT2D eigenvalue weighted by Crippen LogP contribution is 2.31. The van der Waals surface area contributed by atoms with E-state index in [0.717, 1.165) is 31.1 Å². The number of likely N-dealkylation sites (tertiary alicyclic amines) is 1. The highest BCUT2D eigenvalue weighted by molar-refractivity contribution is 8.26. The molecule has 10 nitrogen and oxygen atoms in total. The molecule has 1 fully saturated rings. The minimum Gasteiger partial charge on any atom is -0.401 e. The third-order valence-corrected chi connectivity index (χ3v) is 5.12. The molecule has 1 aromatic heterocycles. The molecule has 11 heteroatoms. The quantitative estimate of drug-likeness (QED) is 0.477. The smallest absolute Gasteiger partial charge is 0.401 e. The van der Waals surface area contributed by atoms with Crippen LogP contribution in [0.2, 0.25) is 0 Å². The number of fused-ring (bicyclic) bond motifs is 1. The van der Waals surface area contributed by atoms with Crippen molar-refractivity contribution in [1.82, 2.24) is 9.91 Å². The predicted octanol–water partition coefficient (Wildman–Crippen LogP) is 2.25. The molecule has 0 spiro atoms. The third kappa shape index (κ3) is 2.90. The Bertz CT molecular complexity index is 896. The largest absolute Gasteiger partial charge is 0.433 e. The van der Waals surface area contributed by atoms with Gasteiger partial charge in [-0.15, -0.1) is 5.10 Å². The summed E-state index contributed by atoms with van der Waals surface area (Å²) >= 11 is 1.28. The molecular weight excluding hydrogens is 360 g/mol. The summed E-state index contributed by atoms with van der Waals surface area (Å²) in [5.74, 6) is -1.05. The Morgan fingerprint density at radius 1 is 1.27 bits per heavy atom. The summed E-state index contributed by atoms with van der Waals surface area (Å²) in [4.78, 5) is 28.5. The molecule has 0 bridgehead atoms. The highest BCUT2D eigenvalue weighted by Gasteiger charge is 2.37. The second-order valence-corrected chi connectivity index (χ2v) is 6.82. The first-order valence-corrected chi connectivity index (χ1v) is 8.84. The van der Waals surface area contributed by atoms with Gasteiger partial charge in [-0.2, -0.15) is 10.0 Å². The second-order valence-electron chi connectivity index (χ2n) is 5.88. The number of nitrogens with one attached hydrogen (secondary N) is 1. The molecule has 3 aliphatic rings. The number of aliphatic imine (C=N–C) groups is 1. The van der Waals surface area contributed by atoms with E-state index in [-0.39, 0.29) is 17.2 Å². The summed E-state index contributed by atoms with van der Waals surface area (Å²) in [6, 6.07) is 2.56.